The van der Waals surface area contributed by atoms with Gasteiger partial charge in [-0.05, 0) is 18.8 Å². The molecule has 0 saturated carbocycles. The van der Waals surface area contributed by atoms with Crippen LogP contribution < -0.4 is 0 Å². The first-order chi connectivity index (χ1) is 4.73. The fraction of sp³-hybridized carbons (Fsp3) is 0.600. The molecule has 0 saturated heterocycles. The van der Waals surface area contributed by atoms with Gasteiger partial charge in [-0.1, -0.05) is 45.1 Å². The van der Waals surface area contributed by atoms with Gasteiger partial charge in [0.1, 0.15) is 0 Å². The van der Waals surface area contributed by atoms with E-state index in [2.05, 4.69) is 45.1 Å². The van der Waals surface area contributed by atoms with Gasteiger partial charge in [0.25, 0.3) is 0 Å². The molecule has 0 aromatic carbocycles. The fourth-order valence-corrected chi connectivity index (χ4v) is 0.542. The number of hydrogen-bond donors (Lipinski definition) is 0. The van der Waals surface area contributed by atoms with Gasteiger partial charge in [-0.15, -0.1) is 0 Å². The van der Waals surface area contributed by atoms with E-state index in [1.807, 2.05) is 0 Å². The van der Waals surface area contributed by atoms with Crippen LogP contribution in [0.15, 0.2) is 24.3 Å². The summed E-state index contributed by atoms with van der Waals surface area (Å²) in [7, 11) is 0. The molecule has 0 aromatic heterocycles. The van der Waals surface area contributed by atoms with Gasteiger partial charge in [-0.25, -0.2) is 0 Å². The van der Waals surface area contributed by atoms with Crippen LogP contribution in [0, 0.1) is 43.7 Å². The van der Waals surface area contributed by atoms with E-state index in [-0.39, 0.29) is 37.7 Å². The molecule has 66 valence electrons. The van der Waals surface area contributed by atoms with Crippen LogP contribution in [0.5, 0.6) is 0 Å². The SMILES string of the molecule is C1=CCCC=C1.CC(C)C.[Ar]. The zero-order valence-electron chi connectivity index (χ0n) is 7.65. The topological polar surface area (TPSA) is 0 Å². The summed E-state index contributed by atoms with van der Waals surface area (Å²) in [5.74, 6) is 0.833. The summed E-state index contributed by atoms with van der Waals surface area (Å²) in [6, 6.07) is 0. The Labute approximate surface area is 101 Å². The third-order valence-corrected chi connectivity index (χ3v) is 0.883. The van der Waals surface area contributed by atoms with E-state index in [1.54, 1.807) is 0 Å². The molecule has 0 radical (unpaired) electrons. The summed E-state index contributed by atoms with van der Waals surface area (Å²) in [4.78, 5) is 0. The summed E-state index contributed by atoms with van der Waals surface area (Å²) in [6.07, 6.45) is 11.0. The number of rotatable bonds is 0. The van der Waals surface area contributed by atoms with Crippen molar-refractivity contribution >= 4 is 0 Å². The molecule has 1 aliphatic rings. The minimum absolute atomic E-state index is 0. The Balaban J connectivity index is 0. The molecular weight excluding hydrogens is 160 g/mol. The summed E-state index contributed by atoms with van der Waals surface area (Å²) < 4.78 is 0. The third-order valence-electron chi connectivity index (χ3n) is 0.883. The molecular formula is C10H18Ar. The molecule has 0 aliphatic heterocycles. The van der Waals surface area contributed by atoms with Crippen LogP contribution in [0.3, 0.4) is 0 Å². The average molecular weight is 178 g/mol. The fourth-order valence-electron chi connectivity index (χ4n) is 0.542. The van der Waals surface area contributed by atoms with Crippen molar-refractivity contribution in [2.75, 3.05) is 0 Å². The first-order valence-electron chi connectivity index (χ1n) is 4.05. The smallest absolute Gasteiger partial charge is 0 e. The molecule has 0 N–H and O–H groups in total. The summed E-state index contributed by atoms with van der Waals surface area (Å²) in [6.45, 7) is 6.50. The monoisotopic (exact) mass is 178 g/mol. The molecule has 0 atom stereocenters. The van der Waals surface area contributed by atoms with Crippen molar-refractivity contribution in [3.8, 4) is 0 Å². The zero-order chi connectivity index (χ0) is 7.82. The average Bonchev–Trinajstić information content (AvgIpc) is 1.90. The Bertz CT molecular complexity index is 97.3. The van der Waals surface area contributed by atoms with Gasteiger partial charge in [0.2, 0.25) is 0 Å². The molecule has 1 aliphatic carbocycles. The van der Waals surface area contributed by atoms with Crippen molar-refractivity contribution in [1.29, 1.82) is 0 Å². The van der Waals surface area contributed by atoms with Crippen LogP contribution in [0.25, 0.3) is 0 Å². The first kappa shape index (κ1) is 14.3. The van der Waals surface area contributed by atoms with E-state index in [0.717, 1.165) is 5.92 Å². The van der Waals surface area contributed by atoms with Gasteiger partial charge in [-0.2, -0.15) is 0 Å². The molecule has 0 spiro atoms. The van der Waals surface area contributed by atoms with Crippen LogP contribution in [0.2, 0.25) is 0 Å². The molecule has 0 amide bonds. The summed E-state index contributed by atoms with van der Waals surface area (Å²) in [5, 5.41) is 0. The second-order valence-corrected chi connectivity index (χ2v) is 3.17. The molecule has 1 heteroatoms. The van der Waals surface area contributed by atoms with Crippen molar-refractivity contribution in [2.45, 2.75) is 33.6 Å². The Morgan fingerprint density at radius 1 is 0.909 bits per heavy atom. The second kappa shape index (κ2) is 10.7. The quantitative estimate of drug-likeness (QED) is 0.532. The Hall–Kier alpha value is 0.740. The van der Waals surface area contributed by atoms with Crippen LogP contribution >= 0.6 is 0 Å². The predicted molar refractivity (Wildman–Crippen MR) is 48.0 cm³/mol. The molecule has 0 aromatic rings. The maximum atomic E-state index is 2.18. The van der Waals surface area contributed by atoms with Gasteiger partial charge < -0.3 is 0 Å². The van der Waals surface area contributed by atoms with Crippen molar-refractivity contribution in [3.05, 3.63) is 24.3 Å². The van der Waals surface area contributed by atoms with E-state index < -0.39 is 0 Å². The van der Waals surface area contributed by atoms with Gasteiger partial charge in [0, 0.05) is 37.7 Å². The summed E-state index contributed by atoms with van der Waals surface area (Å²) in [5.41, 5.74) is 0. The minimum Gasteiger partial charge on any atom is -0.0842 e. The van der Waals surface area contributed by atoms with Gasteiger partial charge in [-0.3, -0.25) is 0 Å². The van der Waals surface area contributed by atoms with Gasteiger partial charge >= 0.3 is 0 Å². The van der Waals surface area contributed by atoms with Gasteiger partial charge in [0.05, 0.1) is 0 Å². The second-order valence-electron chi connectivity index (χ2n) is 3.17. The van der Waals surface area contributed by atoms with Crippen LogP contribution in [0.4, 0.5) is 0 Å². The Morgan fingerprint density at radius 3 is 1.27 bits per heavy atom. The number of allylic oxidation sites excluding steroid dienone is 4. The van der Waals surface area contributed by atoms with E-state index in [9.17, 15) is 0 Å². The minimum atomic E-state index is 0. The van der Waals surface area contributed by atoms with E-state index in [4.69, 9.17) is 0 Å². The zero-order valence-corrected chi connectivity index (χ0v) is 8.36. The van der Waals surface area contributed by atoms with Crippen molar-refractivity contribution in [2.24, 2.45) is 5.92 Å². The Kier molecular flexibility index (Phi) is 13.9. The van der Waals surface area contributed by atoms with E-state index in [1.165, 1.54) is 12.8 Å². The van der Waals surface area contributed by atoms with Crippen molar-refractivity contribution in [3.63, 3.8) is 0 Å². The molecule has 0 unspecified atom stereocenters. The predicted octanol–water partition coefficient (Wildman–Crippen LogP) is 3.55. The maximum absolute atomic E-state index is 2.18. The number of hydrogen-bond acceptors (Lipinski definition) is 0. The molecule has 1 rings (SSSR count). The first-order valence-corrected chi connectivity index (χ1v) is 4.05. The molecule has 0 nitrogen and oxygen atoms in total. The molecule has 0 fully saturated rings. The van der Waals surface area contributed by atoms with E-state index >= 15 is 0 Å². The van der Waals surface area contributed by atoms with Crippen LogP contribution in [-0.4, -0.2) is 0 Å². The molecule has 0 bridgehead atoms. The van der Waals surface area contributed by atoms with Crippen molar-refractivity contribution < 1.29 is 37.7 Å². The van der Waals surface area contributed by atoms with Gasteiger partial charge in [0.15, 0.2) is 0 Å². The normalized spacial score (nSPS) is 13.5. The maximum Gasteiger partial charge on any atom is 0 e. The molecule has 11 heavy (non-hydrogen) atoms. The Morgan fingerprint density at radius 2 is 1.18 bits per heavy atom. The van der Waals surface area contributed by atoms with Crippen molar-refractivity contribution in [1.82, 2.24) is 0 Å². The molecule has 0 heterocycles. The summed E-state index contributed by atoms with van der Waals surface area (Å²) >= 11 is 0. The largest absolute Gasteiger partial charge is 0.0842 e. The third kappa shape index (κ3) is 18.1. The van der Waals surface area contributed by atoms with Crippen LogP contribution in [0.1, 0.15) is 33.6 Å². The standard InChI is InChI=1S/C6H8.C4H10.Ar/c1-2-4-6-5-3-1;1-4(2)3;/h1-4H,5-6H2;4H,1-3H3;. The van der Waals surface area contributed by atoms with Crippen LogP contribution in [-0.2, 0) is 0 Å². The van der Waals surface area contributed by atoms with E-state index in [0.29, 0.717) is 0 Å².